The zero-order chi connectivity index (χ0) is 22.9. The number of ether oxygens (including phenoxy) is 1. The van der Waals surface area contributed by atoms with Crippen LogP contribution in [0.15, 0.2) is 41.3 Å². The average molecular weight is 457 g/mol. The summed E-state index contributed by atoms with van der Waals surface area (Å²) in [6, 6.07) is 10.5. The fourth-order valence-corrected chi connectivity index (χ4v) is 5.97. The van der Waals surface area contributed by atoms with Crippen LogP contribution < -0.4 is 5.32 Å². The summed E-state index contributed by atoms with van der Waals surface area (Å²) in [5, 5.41) is 2.90. The van der Waals surface area contributed by atoms with Gasteiger partial charge in [-0.25, -0.2) is 13.2 Å². The van der Waals surface area contributed by atoms with E-state index < -0.39 is 16.0 Å². The smallest absolute Gasteiger partial charge is 0.337 e. The Labute approximate surface area is 188 Å². The lowest BCUT2D eigenvalue weighted by Crippen LogP contribution is -2.41. The number of nitrogens with zero attached hydrogens (tertiary/aromatic N) is 1. The van der Waals surface area contributed by atoms with Gasteiger partial charge in [0, 0.05) is 24.7 Å². The molecule has 0 atom stereocenters. The fourth-order valence-electron chi connectivity index (χ4n) is 4.45. The van der Waals surface area contributed by atoms with E-state index in [-0.39, 0.29) is 11.8 Å². The van der Waals surface area contributed by atoms with Crippen molar-refractivity contribution in [3.05, 3.63) is 58.7 Å². The normalized spacial score (nSPS) is 17.1. The van der Waals surface area contributed by atoms with Gasteiger partial charge in [-0.05, 0) is 80.0 Å². The first-order valence-corrected chi connectivity index (χ1v) is 12.4. The van der Waals surface area contributed by atoms with Crippen LogP contribution in [0.3, 0.4) is 0 Å². The Morgan fingerprint density at radius 2 is 1.75 bits per heavy atom. The maximum absolute atomic E-state index is 13.1. The molecule has 0 aromatic heterocycles. The summed E-state index contributed by atoms with van der Waals surface area (Å²) in [4.78, 5) is 24.9. The van der Waals surface area contributed by atoms with Gasteiger partial charge in [-0.2, -0.15) is 4.31 Å². The number of fused-ring (bicyclic) bond motifs is 1. The topological polar surface area (TPSA) is 92.8 Å². The number of aryl methyl sites for hydroxylation is 3. The molecule has 32 heavy (non-hydrogen) atoms. The van der Waals surface area contributed by atoms with Crippen molar-refractivity contribution in [2.45, 2.75) is 43.9 Å². The number of carbonyl (C=O) groups excluding carboxylic acids is 2. The Bertz CT molecular complexity index is 1150. The Kier molecular flexibility index (Phi) is 6.35. The van der Waals surface area contributed by atoms with E-state index in [9.17, 15) is 18.0 Å². The van der Waals surface area contributed by atoms with E-state index in [1.165, 1.54) is 17.0 Å². The van der Waals surface area contributed by atoms with Crippen molar-refractivity contribution in [2.75, 3.05) is 25.5 Å². The highest BCUT2D eigenvalue weighted by molar-refractivity contribution is 7.89. The molecule has 1 aliphatic heterocycles. The molecular formula is C24H28N2O5S. The second kappa shape index (κ2) is 9.03. The highest BCUT2D eigenvalue weighted by atomic mass is 32.2. The number of methoxy groups -OCH3 is 1. The molecule has 1 N–H and O–H groups in total. The quantitative estimate of drug-likeness (QED) is 0.697. The van der Waals surface area contributed by atoms with Crippen molar-refractivity contribution in [3.8, 4) is 0 Å². The minimum Gasteiger partial charge on any atom is -0.465 e. The number of anilines is 1. The lowest BCUT2D eigenvalue weighted by molar-refractivity contribution is -0.120. The summed E-state index contributed by atoms with van der Waals surface area (Å²) in [7, 11) is -2.26. The molecule has 2 aromatic rings. The van der Waals surface area contributed by atoms with Gasteiger partial charge < -0.3 is 10.1 Å². The van der Waals surface area contributed by atoms with Crippen LogP contribution in [0.4, 0.5) is 5.69 Å². The summed E-state index contributed by atoms with van der Waals surface area (Å²) >= 11 is 0. The van der Waals surface area contributed by atoms with E-state index in [4.69, 9.17) is 4.74 Å². The molecule has 0 saturated carbocycles. The van der Waals surface area contributed by atoms with Gasteiger partial charge in [-0.15, -0.1) is 0 Å². The molecule has 1 amide bonds. The fraction of sp³-hybridized carbons (Fsp3) is 0.417. The molecular weight excluding hydrogens is 428 g/mol. The van der Waals surface area contributed by atoms with Gasteiger partial charge in [0.15, 0.2) is 0 Å². The highest BCUT2D eigenvalue weighted by Crippen LogP contribution is 2.29. The molecule has 0 unspecified atom stereocenters. The van der Waals surface area contributed by atoms with Crippen molar-refractivity contribution in [1.82, 2.24) is 4.31 Å². The van der Waals surface area contributed by atoms with Crippen LogP contribution in [0.25, 0.3) is 0 Å². The molecule has 1 aliphatic carbocycles. The number of nitrogens with one attached hydrogen (secondary N) is 1. The Morgan fingerprint density at radius 3 is 2.47 bits per heavy atom. The third kappa shape index (κ3) is 4.42. The van der Waals surface area contributed by atoms with E-state index in [2.05, 4.69) is 5.32 Å². The molecule has 0 bridgehead atoms. The van der Waals surface area contributed by atoms with Crippen molar-refractivity contribution < 1.29 is 22.7 Å². The molecule has 8 heteroatoms. The predicted molar refractivity (Wildman–Crippen MR) is 121 cm³/mol. The van der Waals surface area contributed by atoms with Crippen molar-refractivity contribution in [2.24, 2.45) is 5.92 Å². The van der Waals surface area contributed by atoms with E-state index in [0.717, 1.165) is 30.4 Å². The summed E-state index contributed by atoms with van der Waals surface area (Å²) in [5.41, 5.74) is 4.13. The summed E-state index contributed by atoms with van der Waals surface area (Å²) in [6.45, 7) is 2.46. The minimum absolute atomic E-state index is 0.162. The number of amides is 1. The van der Waals surface area contributed by atoms with Crippen LogP contribution in [0.5, 0.6) is 0 Å². The van der Waals surface area contributed by atoms with Crippen LogP contribution in [-0.4, -0.2) is 44.8 Å². The molecule has 1 heterocycles. The predicted octanol–water partition coefficient (Wildman–Crippen LogP) is 3.31. The maximum Gasteiger partial charge on any atom is 0.337 e. The molecule has 4 rings (SSSR count). The van der Waals surface area contributed by atoms with Gasteiger partial charge >= 0.3 is 5.97 Å². The Morgan fingerprint density at radius 1 is 1.03 bits per heavy atom. The van der Waals surface area contributed by atoms with Crippen LogP contribution in [0.2, 0.25) is 0 Å². The number of piperidine rings is 1. The second-order valence-corrected chi connectivity index (χ2v) is 10.4. The lowest BCUT2D eigenvalue weighted by Gasteiger charge is -2.30. The van der Waals surface area contributed by atoms with Crippen molar-refractivity contribution in [1.29, 1.82) is 0 Å². The van der Waals surface area contributed by atoms with Crippen LogP contribution >= 0.6 is 0 Å². The standard InChI is InChI=1S/C24H28N2O5S/c1-16-6-7-20(24(28)31-2)15-22(16)25-23(27)18-10-12-26(13-11-18)32(29,30)21-9-8-17-4-3-5-19(17)14-21/h6-9,14-15,18H,3-5,10-13H2,1-2H3,(H,25,27). The number of sulfonamides is 1. The van der Waals surface area contributed by atoms with Gasteiger partial charge in [0.25, 0.3) is 0 Å². The number of hydrogen-bond donors (Lipinski definition) is 1. The van der Waals surface area contributed by atoms with Gasteiger partial charge in [0.05, 0.1) is 17.6 Å². The molecule has 1 fully saturated rings. The van der Waals surface area contributed by atoms with Gasteiger partial charge in [0.2, 0.25) is 15.9 Å². The highest BCUT2D eigenvalue weighted by Gasteiger charge is 2.32. The number of benzene rings is 2. The molecule has 1 saturated heterocycles. The van der Waals surface area contributed by atoms with E-state index >= 15 is 0 Å². The van der Waals surface area contributed by atoms with Gasteiger partial charge in [-0.1, -0.05) is 12.1 Å². The third-order valence-electron chi connectivity index (χ3n) is 6.45. The molecule has 2 aliphatic rings. The molecule has 170 valence electrons. The number of hydrogen-bond acceptors (Lipinski definition) is 5. The van der Waals surface area contributed by atoms with Gasteiger partial charge in [-0.3, -0.25) is 4.79 Å². The van der Waals surface area contributed by atoms with E-state index in [1.807, 2.05) is 19.1 Å². The van der Waals surface area contributed by atoms with Crippen LogP contribution in [0.1, 0.15) is 46.3 Å². The zero-order valence-electron chi connectivity index (χ0n) is 18.4. The van der Waals surface area contributed by atoms with Crippen molar-refractivity contribution in [3.63, 3.8) is 0 Å². The first-order valence-electron chi connectivity index (χ1n) is 10.9. The van der Waals surface area contributed by atoms with Crippen LogP contribution in [-0.2, 0) is 32.4 Å². The lowest BCUT2D eigenvalue weighted by atomic mass is 9.97. The van der Waals surface area contributed by atoms with Crippen LogP contribution in [0, 0.1) is 12.8 Å². The first-order chi connectivity index (χ1) is 15.3. The van der Waals surface area contributed by atoms with E-state index in [0.29, 0.717) is 42.1 Å². The molecule has 0 spiro atoms. The SMILES string of the molecule is COC(=O)c1ccc(C)c(NC(=O)C2CCN(S(=O)(=O)c3ccc4c(c3)CCC4)CC2)c1. The zero-order valence-corrected chi connectivity index (χ0v) is 19.2. The third-order valence-corrected chi connectivity index (χ3v) is 8.34. The summed E-state index contributed by atoms with van der Waals surface area (Å²) < 4.78 is 32.4. The monoisotopic (exact) mass is 456 g/mol. The first kappa shape index (κ1) is 22.5. The Balaban J connectivity index is 1.40. The Hall–Kier alpha value is -2.71. The number of carbonyl (C=O) groups is 2. The average Bonchev–Trinajstić information content (AvgIpc) is 3.28. The van der Waals surface area contributed by atoms with E-state index in [1.54, 1.807) is 24.3 Å². The summed E-state index contributed by atoms with van der Waals surface area (Å²) in [5.74, 6) is -0.919. The summed E-state index contributed by atoms with van der Waals surface area (Å²) in [6.07, 6.45) is 3.91. The molecule has 7 nitrogen and oxygen atoms in total. The van der Waals surface area contributed by atoms with Gasteiger partial charge in [0.1, 0.15) is 0 Å². The largest absolute Gasteiger partial charge is 0.465 e. The molecule has 2 aromatic carbocycles. The molecule has 0 radical (unpaired) electrons. The minimum atomic E-state index is -3.57. The number of rotatable bonds is 5. The number of esters is 1. The second-order valence-electron chi connectivity index (χ2n) is 8.47. The maximum atomic E-state index is 13.1. The van der Waals surface area contributed by atoms with Crippen molar-refractivity contribution >= 4 is 27.6 Å².